The van der Waals surface area contributed by atoms with Crippen LogP contribution in [0.5, 0.6) is 0 Å². The van der Waals surface area contributed by atoms with Gasteiger partial charge < -0.3 is 5.32 Å². The van der Waals surface area contributed by atoms with Gasteiger partial charge in [-0.25, -0.2) is 4.39 Å². The Balaban J connectivity index is 2.31. The van der Waals surface area contributed by atoms with Crippen molar-refractivity contribution in [2.45, 2.75) is 43.9 Å². The molecule has 17 heavy (non-hydrogen) atoms. The van der Waals surface area contributed by atoms with Crippen LogP contribution < -0.4 is 5.32 Å². The molecule has 2 rings (SSSR count). The SMILES string of the molecule is CNCC1(c2cccc(F)c2)CCCCCC1. The summed E-state index contributed by atoms with van der Waals surface area (Å²) in [5, 5.41) is 3.30. The fraction of sp³-hybridized carbons (Fsp3) is 0.600. The molecule has 1 aromatic carbocycles. The molecule has 94 valence electrons. The highest BCUT2D eigenvalue weighted by Gasteiger charge is 2.32. The van der Waals surface area contributed by atoms with Gasteiger partial charge in [-0.1, -0.05) is 37.8 Å². The fourth-order valence-electron chi connectivity index (χ4n) is 3.13. The number of benzene rings is 1. The summed E-state index contributed by atoms with van der Waals surface area (Å²) in [4.78, 5) is 0. The minimum absolute atomic E-state index is 0.109. The molecule has 0 spiro atoms. The second-order valence-electron chi connectivity index (χ2n) is 5.24. The summed E-state index contributed by atoms with van der Waals surface area (Å²) >= 11 is 0. The van der Waals surface area contributed by atoms with E-state index in [1.807, 2.05) is 13.1 Å². The molecule has 1 N–H and O–H groups in total. The summed E-state index contributed by atoms with van der Waals surface area (Å²) < 4.78 is 13.4. The average molecular weight is 235 g/mol. The van der Waals surface area contributed by atoms with Gasteiger partial charge >= 0.3 is 0 Å². The van der Waals surface area contributed by atoms with Gasteiger partial charge in [0.2, 0.25) is 0 Å². The normalized spacial score (nSPS) is 19.9. The molecule has 0 unspecified atom stereocenters. The van der Waals surface area contributed by atoms with Crippen molar-refractivity contribution in [3.63, 3.8) is 0 Å². The molecule has 1 aliphatic carbocycles. The number of hydrogen-bond donors (Lipinski definition) is 1. The van der Waals surface area contributed by atoms with Crippen molar-refractivity contribution < 1.29 is 4.39 Å². The third-order valence-corrected chi connectivity index (χ3v) is 4.01. The van der Waals surface area contributed by atoms with E-state index in [2.05, 4.69) is 11.4 Å². The Kier molecular flexibility index (Phi) is 4.16. The van der Waals surface area contributed by atoms with Crippen molar-refractivity contribution in [3.8, 4) is 0 Å². The molecule has 1 nitrogen and oxygen atoms in total. The quantitative estimate of drug-likeness (QED) is 0.789. The Morgan fingerprint density at radius 3 is 2.47 bits per heavy atom. The molecule has 0 atom stereocenters. The van der Waals surface area contributed by atoms with Crippen molar-refractivity contribution in [1.82, 2.24) is 5.32 Å². The standard InChI is InChI=1S/C15H22FN/c1-17-12-15(9-4-2-3-5-10-15)13-7-6-8-14(16)11-13/h6-8,11,17H,2-5,9-10,12H2,1H3. The summed E-state index contributed by atoms with van der Waals surface area (Å²) in [5.74, 6) is -0.109. The van der Waals surface area contributed by atoms with Crippen LogP contribution in [0, 0.1) is 5.82 Å². The molecular formula is C15H22FN. The van der Waals surface area contributed by atoms with Gasteiger partial charge in [-0.15, -0.1) is 0 Å². The van der Waals surface area contributed by atoms with Crippen LogP contribution in [0.4, 0.5) is 4.39 Å². The molecule has 1 fully saturated rings. The molecule has 0 saturated heterocycles. The highest BCUT2D eigenvalue weighted by atomic mass is 19.1. The van der Waals surface area contributed by atoms with Gasteiger partial charge in [-0.2, -0.15) is 0 Å². The maximum atomic E-state index is 13.4. The first kappa shape index (κ1) is 12.6. The van der Waals surface area contributed by atoms with Crippen molar-refractivity contribution in [2.75, 3.05) is 13.6 Å². The number of halogens is 1. The van der Waals surface area contributed by atoms with E-state index in [4.69, 9.17) is 0 Å². The molecule has 0 bridgehead atoms. The van der Waals surface area contributed by atoms with Crippen LogP contribution in [-0.2, 0) is 5.41 Å². The van der Waals surface area contributed by atoms with Gasteiger partial charge in [0.1, 0.15) is 5.82 Å². The van der Waals surface area contributed by atoms with Gasteiger partial charge in [0, 0.05) is 12.0 Å². The molecule has 0 radical (unpaired) electrons. The maximum Gasteiger partial charge on any atom is 0.123 e. The van der Waals surface area contributed by atoms with Crippen LogP contribution >= 0.6 is 0 Å². The Labute approximate surface area is 103 Å². The molecule has 2 heteroatoms. The molecule has 0 aromatic heterocycles. The van der Waals surface area contributed by atoms with E-state index >= 15 is 0 Å². The van der Waals surface area contributed by atoms with Crippen LogP contribution in [0.1, 0.15) is 44.1 Å². The van der Waals surface area contributed by atoms with Crippen LogP contribution in [0.2, 0.25) is 0 Å². The second-order valence-corrected chi connectivity index (χ2v) is 5.24. The van der Waals surface area contributed by atoms with E-state index in [-0.39, 0.29) is 11.2 Å². The minimum Gasteiger partial charge on any atom is -0.319 e. The zero-order chi connectivity index (χ0) is 12.1. The van der Waals surface area contributed by atoms with E-state index in [0.717, 1.165) is 6.54 Å². The third kappa shape index (κ3) is 2.86. The number of rotatable bonds is 3. The summed E-state index contributed by atoms with van der Waals surface area (Å²) in [6.07, 6.45) is 7.52. The molecule has 1 aliphatic rings. The van der Waals surface area contributed by atoms with E-state index in [1.54, 1.807) is 6.07 Å². The predicted octanol–water partition coefficient (Wildman–Crippen LogP) is 3.64. The largest absolute Gasteiger partial charge is 0.319 e. The zero-order valence-corrected chi connectivity index (χ0v) is 10.6. The predicted molar refractivity (Wildman–Crippen MR) is 69.7 cm³/mol. The van der Waals surface area contributed by atoms with Crippen molar-refractivity contribution in [3.05, 3.63) is 35.6 Å². The zero-order valence-electron chi connectivity index (χ0n) is 10.6. The van der Waals surface area contributed by atoms with Gasteiger partial charge in [-0.05, 0) is 37.6 Å². The minimum atomic E-state index is -0.109. The summed E-state index contributed by atoms with van der Waals surface area (Å²) in [5.41, 5.74) is 1.32. The first-order valence-corrected chi connectivity index (χ1v) is 6.67. The van der Waals surface area contributed by atoms with Crippen molar-refractivity contribution in [1.29, 1.82) is 0 Å². The van der Waals surface area contributed by atoms with Crippen LogP contribution in [-0.4, -0.2) is 13.6 Å². The lowest BCUT2D eigenvalue weighted by atomic mass is 9.74. The van der Waals surface area contributed by atoms with Crippen LogP contribution in [0.15, 0.2) is 24.3 Å². The highest BCUT2D eigenvalue weighted by Crippen LogP contribution is 2.38. The van der Waals surface area contributed by atoms with E-state index < -0.39 is 0 Å². The van der Waals surface area contributed by atoms with Gasteiger partial charge in [0.15, 0.2) is 0 Å². The first-order chi connectivity index (χ1) is 8.27. The highest BCUT2D eigenvalue weighted by molar-refractivity contribution is 5.27. The van der Waals surface area contributed by atoms with Crippen LogP contribution in [0.3, 0.4) is 0 Å². The molecule has 0 aliphatic heterocycles. The van der Waals surface area contributed by atoms with E-state index in [0.29, 0.717) is 0 Å². The van der Waals surface area contributed by atoms with Crippen LogP contribution in [0.25, 0.3) is 0 Å². The van der Waals surface area contributed by atoms with E-state index in [1.165, 1.54) is 50.2 Å². The molecule has 1 aromatic rings. The molecular weight excluding hydrogens is 213 g/mol. The lowest BCUT2D eigenvalue weighted by Gasteiger charge is -2.33. The van der Waals surface area contributed by atoms with Gasteiger partial charge in [-0.3, -0.25) is 0 Å². The lowest BCUT2D eigenvalue weighted by molar-refractivity contribution is 0.356. The Morgan fingerprint density at radius 1 is 1.18 bits per heavy atom. The monoisotopic (exact) mass is 235 g/mol. The third-order valence-electron chi connectivity index (χ3n) is 4.01. The van der Waals surface area contributed by atoms with Crippen molar-refractivity contribution in [2.24, 2.45) is 0 Å². The Hall–Kier alpha value is -0.890. The van der Waals surface area contributed by atoms with Gasteiger partial charge in [0.05, 0.1) is 0 Å². The molecule has 1 saturated carbocycles. The molecule has 0 heterocycles. The summed E-state index contributed by atoms with van der Waals surface area (Å²) in [6, 6.07) is 7.19. The second kappa shape index (κ2) is 5.63. The first-order valence-electron chi connectivity index (χ1n) is 6.67. The Morgan fingerprint density at radius 2 is 1.88 bits per heavy atom. The molecule has 0 amide bonds. The summed E-state index contributed by atoms with van der Waals surface area (Å²) in [6.45, 7) is 0.955. The number of hydrogen-bond acceptors (Lipinski definition) is 1. The number of nitrogens with one attached hydrogen (secondary N) is 1. The van der Waals surface area contributed by atoms with Gasteiger partial charge in [0.25, 0.3) is 0 Å². The van der Waals surface area contributed by atoms with Crippen molar-refractivity contribution >= 4 is 0 Å². The lowest BCUT2D eigenvalue weighted by Crippen LogP contribution is -2.36. The smallest absolute Gasteiger partial charge is 0.123 e. The maximum absolute atomic E-state index is 13.4. The summed E-state index contributed by atoms with van der Waals surface area (Å²) in [7, 11) is 1.99. The fourth-order valence-corrected chi connectivity index (χ4v) is 3.13. The average Bonchev–Trinajstić information content (AvgIpc) is 2.56. The van der Waals surface area contributed by atoms with E-state index in [9.17, 15) is 4.39 Å². The topological polar surface area (TPSA) is 12.0 Å². The Bertz CT molecular complexity index is 354. The number of likely N-dealkylation sites (N-methyl/N-ethyl adjacent to an activating group) is 1.